The van der Waals surface area contributed by atoms with Gasteiger partial charge in [0.15, 0.2) is 0 Å². The quantitative estimate of drug-likeness (QED) is 0.528. The van der Waals surface area contributed by atoms with Crippen LogP contribution in [0.15, 0.2) is 0 Å². The maximum Gasteiger partial charge on any atom is -0.0122 e. The highest BCUT2D eigenvalue weighted by Gasteiger charge is 2.29. The van der Waals surface area contributed by atoms with Crippen LogP contribution in [-0.2, 0) is 0 Å². The minimum Gasteiger partial charge on any atom is -0.131 e. The Morgan fingerprint density at radius 3 is 1.54 bits per heavy atom. The maximum absolute atomic E-state index is 3.16. The van der Waals surface area contributed by atoms with Gasteiger partial charge in [-0.1, -0.05) is 53.4 Å². The van der Waals surface area contributed by atoms with Gasteiger partial charge in [-0.25, -0.2) is 0 Å². The van der Waals surface area contributed by atoms with Crippen LogP contribution in [0.5, 0.6) is 0 Å². The first kappa shape index (κ1) is 13.4. The standard InChI is InChI=1S/C12H27P/c1-5-9-12(13,10-6-2)11(7-3)8-4/h11H,5-10,13H2,1-4H3. The minimum atomic E-state index is 0.535. The van der Waals surface area contributed by atoms with Crippen molar-refractivity contribution in [3.05, 3.63) is 0 Å². The summed E-state index contributed by atoms with van der Waals surface area (Å²) < 4.78 is 0. The summed E-state index contributed by atoms with van der Waals surface area (Å²) in [6.45, 7) is 9.27. The molecule has 0 aliphatic rings. The number of hydrogen-bond donors (Lipinski definition) is 0. The second kappa shape index (κ2) is 6.82. The molecule has 0 radical (unpaired) electrons. The molecule has 1 unspecified atom stereocenters. The van der Waals surface area contributed by atoms with Crippen molar-refractivity contribution in [2.24, 2.45) is 5.92 Å². The van der Waals surface area contributed by atoms with Crippen molar-refractivity contribution in [1.82, 2.24) is 0 Å². The van der Waals surface area contributed by atoms with Crippen molar-refractivity contribution in [1.29, 1.82) is 0 Å². The summed E-state index contributed by atoms with van der Waals surface area (Å²) in [5.41, 5.74) is 0. The lowest BCUT2D eigenvalue weighted by atomic mass is 9.81. The summed E-state index contributed by atoms with van der Waals surface area (Å²) in [6.07, 6.45) is 8.05. The Bertz CT molecular complexity index is 110. The average molecular weight is 202 g/mol. The van der Waals surface area contributed by atoms with Crippen molar-refractivity contribution in [2.45, 2.75) is 71.4 Å². The molecule has 0 saturated carbocycles. The van der Waals surface area contributed by atoms with E-state index < -0.39 is 0 Å². The lowest BCUT2D eigenvalue weighted by molar-refractivity contribution is 0.312. The van der Waals surface area contributed by atoms with E-state index in [-0.39, 0.29) is 0 Å². The van der Waals surface area contributed by atoms with Gasteiger partial charge in [-0.2, -0.15) is 0 Å². The van der Waals surface area contributed by atoms with Gasteiger partial charge < -0.3 is 0 Å². The fourth-order valence-corrected chi connectivity index (χ4v) is 3.61. The van der Waals surface area contributed by atoms with Gasteiger partial charge in [-0.15, -0.1) is 9.24 Å². The van der Waals surface area contributed by atoms with Crippen molar-refractivity contribution >= 4 is 9.24 Å². The predicted octanol–water partition coefficient (Wildman–Crippen LogP) is 4.64. The van der Waals surface area contributed by atoms with Crippen LogP contribution < -0.4 is 0 Å². The third-order valence-corrected chi connectivity index (χ3v) is 4.28. The van der Waals surface area contributed by atoms with Crippen LogP contribution in [0.4, 0.5) is 0 Å². The molecule has 0 nitrogen and oxygen atoms in total. The van der Waals surface area contributed by atoms with Gasteiger partial charge in [0.05, 0.1) is 0 Å². The highest BCUT2D eigenvalue weighted by molar-refractivity contribution is 7.19. The van der Waals surface area contributed by atoms with Crippen LogP contribution in [0, 0.1) is 5.92 Å². The summed E-state index contributed by atoms with van der Waals surface area (Å²) in [7, 11) is 3.16. The molecule has 1 atom stereocenters. The molecule has 0 amide bonds. The molecule has 0 bridgehead atoms. The average Bonchev–Trinajstić information content (AvgIpc) is 2.07. The molecule has 0 N–H and O–H groups in total. The Morgan fingerprint density at radius 2 is 1.31 bits per heavy atom. The van der Waals surface area contributed by atoms with E-state index in [0.29, 0.717) is 5.16 Å². The van der Waals surface area contributed by atoms with Crippen LogP contribution in [0.3, 0.4) is 0 Å². The molecule has 0 aliphatic heterocycles. The fraction of sp³-hybridized carbons (Fsp3) is 1.00. The molecule has 1 heteroatoms. The molecule has 0 fully saturated rings. The van der Waals surface area contributed by atoms with E-state index in [1.54, 1.807) is 0 Å². The lowest BCUT2D eigenvalue weighted by Crippen LogP contribution is -2.30. The zero-order valence-electron chi connectivity index (χ0n) is 9.90. The Hall–Kier alpha value is 0.430. The van der Waals surface area contributed by atoms with E-state index in [0.717, 1.165) is 5.92 Å². The first-order valence-electron chi connectivity index (χ1n) is 5.93. The van der Waals surface area contributed by atoms with Gasteiger partial charge in [-0.05, 0) is 23.9 Å². The van der Waals surface area contributed by atoms with Gasteiger partial charge in [0.1, 0.15) is 0 Å². The second-order valence-electron chi connectivity index (χ2n) is 4.25. The van der Waals surface area contributed by atoms with Crippen LogP contribution in [-0.4, -0.2) is 5.16 Å². The molecule has 80 valence electrons. The first-order chi connectivity index (χ1) is 6.14. The Morgan fingerprint density at radius 1 is 0.923 bits per heavy atom. The molecular formula is C12H27P. The van der Waals surface area contributed by atoms with E-state index in [4.69, 9.17) is 0 Å². The normalized spacial score (nSPS) is 12.5. The molecule has 0 aromatic heterocycles. The first-order valence-corrected chi connectivity index (χ1v) is 6.51. The Labute approximate surface area is 87.1 Å². The number of rotatable bonds is 7. The number of hydrogen-bond acceptors (Lipinski definition) is 0. The summed E-state index contributed by atoms with van der Waals surface area (Å²) >= 11 is 0. The van der Waals surface area contributed by atoms with Crippen molar-refractivity contribution in [3.63, 3.8) is 0 Å². The lowest BCUT2D eigenvalue weighted by Gasteiger charge is -2.36. The molecule has 13 heavy (non-hydrogen) atoms. The van der Waals surface area contributed by atoms with E-state index in [1.807, 2.05) is 0 Å². The highest BCUT2D eigenvalue weighted by atomic mass is 31.0. The maximum atomic E-state index is 3.16. The molecule has 0 aliphatic carbocycles. The third-order valence-electron chi connectivity index (χ3n) is 3.23. The highest BCUT2D eigenvalue weighted by Crippen LogP contribution is 2.40. The molecule has 0 spiro atoms. The van der Waals surface area contributed by atoms with E-state index in [2.05, 4.69) is 36.9 Å². The zero-order chi connectivity index (χ0) is 10.3. The van der Waals surface area contributed by atoms with Crippen LogP contribution >= 0.6 is 9.24 Å². The van der Waals surface area contributed by atoms with Crippen LogP contribution in [0.2, 0.25) is 0 Å². The SMILES string of the molecule is CCCC(P)(CCC)C(CC)CC. The van der Waals surface area contributed by atoms with Crippen molar-refractivity contribution in [2.75, 3.05) is 0 Å². The molecular weight excluding hydrogens is 175 g/mol. The van der Waals surface area contributed by atoms with Gasteiger partial charge >= 0.3 is 0 Å². The Kier molecular flexibility index (Phi) is 7.05. The molecule has 0 rings (SSSR count). The second-order valence-corrected chi connectivity index (χ2v) is 5.40. The van der Waals surface area contributed by atoms with Gasteiger partial charge in [-0.3, -0.25) is 0 Å². The monoisotopic (exact) mass is 202 g/mol. The Balaban J connectivity index is 4.33. The topological polar surface area (TPSA) is 0 Å². The van der Waals surface area contributed by atoms with Gasteiger partial charge in [0.25, 0.3) is 0 Å². The predicted molar refractivity (Wildman–Crippen MR) is 66.3 cm³/mol. The minimum absolute atomic E-state index is 0.535. The largest absolute Gasteiger partial charge is 0.131 e. The van der Waals surface area contributed by atoms with E-state index in [9.17, 15) is 0 Å². The summed E-state index contributed by atoms with van der Waals surface area (Å²) in [6, 6.07) is 0. The third kappa shape index (κ3) is 3.98. The van der Waals surface area contributed by atoms with E-state index in [1.165, 1.54) is 38.5 Å². The fourth-order valence-electron chi connectivity index (χ4n) is 2.57. The molecule has 0 saturated heterocycles. The smallest absolute Gasteiger partial charge is 0.0122 e. The van der Waals surface area contributed by atoms with Crippen LogP contribution in [0.25, 0.3) is 0 Å². The van der Waals surface area contributed by atoms with Gasteiger partial charge in [0, 0.05) is 0 Å². The molecule has 0 aromatic carbocycles. The van der Waals surface area contributed by atoms with Crippen molar-refractivity contribution < 1.29 is 0 Å². The van der Waals surface area contributed by atoms with Crippen LogP contribution in [0.1, 0.15) is 66.2 Å². The summed E-state index contributed by atoms with van der Waals surface area (Å²) in [5.74, 6) is 0.900. The van der Waals surface area contributed by atoms with Gasteiger partial charge in [0.2, 0.25) is 0 Å². The summed E-state index contributed by atoms with van der Waals surface area (Å²) in [5, 5.41) is 0.535. The van der Waals surface area contributed by atoms with E-state index >= 15 is 0 Å². The van der Waals surface area contributed by atoms with Crippen molar-refractivity contribution in [3.8, 4) is 0 Å². The summed E-state index contributed by atoms with van der Waals surface area (Å²) in [4.78, 5) is 0. The zero-order valence-corrected chi connectivity index (χ0v) is 11.1. The molecule has 0 aromatic rings. The molecule has 0 heterocycles.